The summed E-state index contributed by atoms with van der Waals surface area (Å²) in [6, 6.07) is 8.93. The van der Waals surface area contributed by atoms with E-state index in [-0.39, 0.29) is 18.3 Å². The minimum Gasteiger partial charge on any atom is -0.469 e. The lowest BCUT2D eigenvalue weighted by molar-refractivity contribution is -0.139. The maximum Gasteiger partial charge on any atom is 0.309 e. The number of hydrogen-bond donors (Lipinski definition) is 1. The summed E-state index contributed by atoms with van der Waals surface area (Å²) < 4.78 is 6.27. The van der Waals surface area contributed by atoms with Gasteiger partial charge in [-0.25, -0.2) is 9.50 Å². The molecule has 0 fully saturated rings. The molecule has 2 heterocycles. The first kappa shape index (κ1) is 16.6. The Kier molecular flexibility index (Phi) is 4.47. The fraction of sp³-hybridized carbons (Fsp3) is 0.222. The van der Waals surface area contributed by atoms with Gasteiger partial charge in [-0.05, 0) is 37.6 Å². The monoisotopic (exact) mass is 338 g/mol. The Balaban J connectivity index is 1.80. The largest absolute Gasteiger partial charge is 0.469 e. The molecule has 25 heavy (non-hydrogen) atoms. The predicted octanol–water partition coefficient (Wildman–Crippen LogP) is 2.31. The van der Waals surface area contributed by atoms with Gasteiger partial charge < -0.3 is 10.1 Å². The summed E-state index contributed by atoms with van der Waals surface area (Å²) in [5, 5.41) is 7.04. The first-order valence-electron chi connectivity index (χ1n) is 7.77. The van der Waals surface area contributed by atoms with Crippen LogP contribution in [-0.2, 0) is 16.0 Å². The third kappa shape index (κ3) is 3.50. The smallest absolute Gasteiger partial charge is 0.309 e. The topological polar surface area (TPSA) is 85.6 Å². The van der Waals surface area contributed by atoms with E-state index in [1.54, 1.807) is 28.8 Å². The minimum atomic E-state index is -0.306. The Morgan fingerprint density at radius 1 is 1.20 bits per heavy atom. The number of hydrogen-bond acceptors (Lipinski definition) is 5. The number of aromatic nitrogens is 3. The number of rotatable bonds is 4. The van der Waals surface area contributed by atoms with E-state index < -0.39 is 0 Å². The van der Waals surface area contributed by atoms with E-state index in [0.29, 0.717) is 16.9 Å². The van der Waals surface area contributed by atoms with Gasteiger partial charge in [-0.1, -0.05) is 12.1 Å². The van der Waals surface area contributed by atoms with E-state index in [1.807, 2.05) is 19.9 Å². The average molecular weight is 338 g/mol. The van der Waals surface area contributed by atoms with Crippen molar-refractivity contribution in [2.75, 3.05) is 12.4 Å². The summed E-state index contributed by atoms with van der Waals surface area (Å²) in [6.07, 6.45) is 1.71. The highest BCUT2D eigenvalue weighted by Gasteiger charge is 2.15. The third-order valence-electron chi connectivity index (χ3n) is 3.81. The van der Waals surface area contributed by atoms with E-state index >= 15 is 0 Å². The van der Waals surface area contributed by atoms with Gasteiger partial charge >= 0.3 is 5.97 Å². The Hall–Kier alpha value is -3.22. The average Bonchev–Trinajstić information content (AvgIpc) is 3.00. The number of fused-ring (bicyclic) bond motifs is 1. The molecule has 7 nitrogen and oxygen atoms in total. The van der Waals surface area contributed by atoms with Crippen molar-refractivity contribution < 1.29 is 14.3 Å². The maximum atomic E-state index is 12.5. The van der Waals surface area contributed by atoms with Crippen molar-refractivity contribution in [2.45, 2.75) is 20.3 Å². The molecule has 3 aromatic rings. The van der Waals surface area contributed by atoms with Crippen LogP contribution in [0.5, 0.6) is 0 Å². The molecule has 0 bridgehead atoms. The van der Waals surface area contributed by atoms with Crippen LogP contribution in [0, 0.1) is 13.8 Å². The molecule has 0 saturated heterocycles. The lowest BCUT2D eigenvalue weighted by atomic mass is 10.1. The van der Waals surface area contributed by atoms with E-state index in [0.717, 1.165) is 17.0 Å². The van der Waals surface area contributed by atoms with E-state index in [9.17, 15) is 9.59 Å². The van der Waals surface area contributed by atoms with Gasteiger partial charge in [-0.15, -0.1) is 0 Å². The van der Waals surface area contributed by atoms with Crippen LogP contribution >= 0.6 is 0 Å². The Bertz CT molecular complexity index is 945. The van der Waals surface area contributed by atoms with Crippen molar-refractivity contribution in [2.24, 2.45) is 0 Å². The molecule has 1 aromatic carbocycles. The van der Waals surface area contributed by atoms with Crippen LogP contribution in [0.3, 0.4) is 0 Å². The fourth-order valence-electron chi connectivity index (χ4n) is 2.57. The van der Waals surface area contributed by atoms with Gasteiger partial charge in [0, 0.05) is 17.1 Å². The molecule has 0 saturated carbocycles. The lowest BCUT2D eigenvalue weighted by Crippen LogP contribution is -2.12. The Labute approximate surface area is 144 Å². The number of carbonyl (C=O) groups excluding carboxylic acids is 2. The molecule has 2 aromatic heterocycles. The molecule has 1 N–H and O–H groups in total. The fourth-order valence-corrected chi connectivity index (χ4v) is 2.57. The highest BCUT2D eigenvalue weighted by molar-refractivity contribution is 6.08. The van der Waals surface area contributed by atoms with Gasteiger partial charge in [0.1, 0.15) is 5.56 Å². The molecular weight excluding hydrogens is 320 g/mol. The van der Waals surface area contributed by atoms with Gasteiger partial charge in [0.15, 0.2) is 5.65 Å². The van der Waals surface area contributed by atoms with Gasteiger partial charge in [0.2, 0.25) is 0 Å². The van der Waals surface area contributed by atoms with Crippen LogP contribution < -0.4 is 5.32 Å². The van der Waals surface area contributed by atoms with Crippen LogP contribution in [0.25, 0.3) is 5.65 Å². The van der Waals surface area contributed by atoms with Gasteiger partial charge in [-0.2, -0.15) is 5.10 Å². The summed E-state index contributed by atoms with van der Waals surface area (Å²) in [7, 11) is 1.35. The first-order valence-corrected chi connectivity index (χ1v) is 7.77. The van der Waals surface area contributed by atoms with Crippen molar-refractivity contribution in [1.82, 2.24) is 14.6 Å². The van der Waals surface area contributed by atoms with Crippen molar-refractivity contribution in [3.63, 3.8) is 0 Å². The minimum absolute atomic E-state index is 0.196. The standard InChI is InChI=1S/C18H18N4O3/c1-11-8-12(2)22-17(20-11)15(10-19-22)18(24)21-14-6-4-13(5-7-14)9-16(23)25-3/h4-8,10H,9H2,1-3H3,(H,21,24). The number of esters is 1. The number of ether oxygens (including phenoxy) is 1. The SMILES string of the molecule is COC(=O)Cc1ccc(NC(=O)c2cnn3c(C)cc(C)nc23)cc1. The summed E-state index contributed by atoms with van der Waals surface area (Å²) in [6.45, 7) is 3.79. The highest BCUT2D eigenvalue weighted by Crippen LogP contribution is 2.16. The van der Waals surface area contributed by atoms with Crippen molar-refractivity contribution in [1.29, 1.82) is 0 Å². The lowest BCUT2D eigenvalue weighted by Gasteiger charge is -2.06. The zero-order valence-electron chi connectivity index (χ0n) is 14.2. The Morgan fingerprint density at radius 2 is 1.92 bits per heavy atom. The summed E-state index contributed by atoms with van der Waals surface area (Å²) in [4.78, 5) is 28.2. The van der Waals surface area contributed by atoms with Crippen LogP contribution in [0.2, 0.25) is 0 Å². The number of amides is 1. The molecule has 7 heteroatoms. The van der Waals surface area contributed by atoms with Gasteiger partial charge in [0.25, 0.3) is 5.91 Å². The maximum absolute atomic E-state index is 12.5. The second-order valence-corrected chi connectivity index (χ2v) is 5.74. The van der Waals surface area contributed by atoms with E-state index in [2.05, 4.69) is 20.1 Å². The second-order valence-electron chi connectivity index (χ2n) is 5.74. The van der Waals surface area contributed by atoms with E-state index in [4.69, 9.17) is 0 Å². The summed E-state index contributed by atoms with van der Waals surface area (Å²) >= 11 is 0. The number of carbonyl (C=O) groups is 2. The molecule has 3 rings (SSSR count). The first-order chi connectivity index (χ1) is 12.0. The molecule has 0 aliphatic rings. The number of aryl methyl sites for hydroxylation is 2. The van der Waals surface area contributed by atoms with Crippen molar-refractivity contribution in [3.8, 4) is 0 Å². The number of nitrogens with one attached hydrogen (secondary N) is 1. The van der Waals surface area contributed by atoms with Crippen LogP contribution in [0.4, 0.5) is 5.69 Å². The summed E-state index contributed by atoms with van der Waals surface area (Å²) in [5.41, 5.74) is 4.11. The van der Waals surface area contributed by atoms with Gasteiger partial charge in [0.05, 0.1) is 19.7 Å². The van der Waals surface area contributed by atoms with Crippen molar-refractivity contribution in [3.05, 3.63) is 59.0 Å². The Morgan fingerprint density at radius 3 is 2.60 bits per heavy atom. The summed E-state index contributed by atoms with van der Waals surface area (Å²) in [5.74, 6) is -0.590. The molecule has 0 aliphatic heterocycles. The molecule has 0 radical (unpaired) electrons. The number of nitrogens with zero attached hydrogens (tertiary/aromatic N) is 3. The van der Waals surface area contributed by atoms with Crippen LogP contribution in [-0.4, -0.2) is 33.6 Å². The molecule has 0 atom stereocenters. The number of benzene rings is 1. The van der Waals surface area contributed by atoms with Crippen molar-refractivity contribution >= 4 is 23.2 Å². The zero-order chi connectivity index (χ0) is 18.0. The molecule has 128 valence electrons. The van der Waals surface area contributed by atoms with Gasteiger partial charge in [-0.3, -0.25) is 9.59 Å². The number of anilines is 1. The highest BCUT2D eigenvalue weighted by atomic mass is 16.5. The van der Waals surface area contributed by atoms with Crippen LogP contribution in [0.1, 0.15) is 27.3 Å². The second kappa shape index (κ2) is 6.72. The van der Waals surface area contributed by atoms with E-state index in [1.165, 1.54) is 13.3 Å². The predicted molar refractivity (Wildman–Crippen MR) is 92.6 cm³/mol. The quantitative estimate of drug-likeness (QED) is 0.738. The van der Waals surface area contributed by atoms with Crippen LogP contribution in [0.15, 0.2) is 36.5 Å². The zero-order valence-corrected chi connectivity index (χ0v) is 14.2. The molecule has 0 spiro atoms. The molecule has 0 aliphatic carbocycles. The molecule has 0 unspecified atom stereocenters. The number of methoxy groups -OCH3 is 1. The third-order valence-corrected chi connectivity index (χ3v) is 3.81. The molecular formula is C18H18N4O3. The normalized spacial score (nSPS) is 10.7. The molecule has 1 amide bonds.